The molecule has 0 aliphatic carbocycles. The zero-order valence-corrected chi connectivity index (χ0v) is 12.5. The lowest BCUT2D eigenvalue weighted by atomic mass is 10.4. The van der Waals surface area contributed by atoms with Crippen LogP contribution in [-0.4, -0.2) is 19.7 Å². The molecule has 0 unspecified atom stereocenters. The second kappa shape index (κ2) is 6.25. The number of hydrogen-bond acceptors (Lipinski definition) is 6. The minimum atomic E-state index is -3.14. The SMILES string of the molecule is CS(=O)(=O)c1ccc(SCc2cccc(NN)n2)cc1. The summed E-state index contributed by atoms with van der Waals surface area (Å²) in [4.78, 5) is 5.63. The summed E-state index contributed by atoms with van der Waals surface area (Å²) in [5.41, 5.74) is 3.40. The highest BCUT2D eigenvalue weighted by Gasteiger charge is 2.06. The van der Waals surface area contributed by atoms with Gasteiger partial charge >= 0.3 is 0 Å². The van der Waals surface area contributed by atoms with Crippen molar-refractivity contribution in [1.82, 2.24) is 4.98 Å². The lowest BCUT2D eigenvalue weighted by molar-refractivity contribution is 0.602. The predicted octanol–water partition coefficient (Wildman–Crippen LogP) is 2.06. The third-order valence-electron chi connectivity index (χ3n) is 2.59. The van der Waals surface area contributed by atoms with E-state index in [1.54, 1.807) is 42.1 Å². The molecule has 7 heteroatoms. The van der Waals surface area contributed by atoms with Crippen LogP contribution in [0.25, 0.3) is 0 Å². The van der Waals surface area contributed by atoms with Gasteiger partial charge in [0.15, 0.2) is 9.84 Å². The minimum absolute atomic E-state index is 0.328. The number of nitrogens with one attached hydrogen (secondary N) is 1. The molecule has 0 fully saturated rings. The number of pyridine rings is 1. The lowest BCUT2D eigenvalue weighted by Gasteiger charge is -2.05. The van der Waals surface area contributed by atoms with E-state index in [0.717, 1.165) is 10.6 Å². The van der Waals surface area contributed by atoms with E-state index in [1.165, 1.54) is 6.26 Å². The number of aromatic nitrogens is 1. The molecule has 106 valence electrons. The molecule has 2 aromatic rings. The Hall–Kier alpha value is -1.57. The van der Waals surface area contributed by atoms with Crippen LogP contribution in [0.2, 0.25) is 0 Å². The van der Waals surface area contributed by atoms with E-state index in [4.69, 9.17) is 5.84 Å². The maximum atomic E-state index is 11.4. The average Bonchev–Trinajstić information content (AvgIpc) is 2.45. The Bertz CT molecular complexity index is 685. The summed E-state index contributed by atoms with van der Waals surface area (Å²) in [6, 6.07) is 12.4. The van der Waals surface area contributed by atoms with Crippen LogP contribution < -0.4 is 11.3 Å². The summed E-state index contributed by atoms with van der Waals surface area (Å²) in [6.45, 7) is 0. The number of rotatable bonds is 5. The number of nitrogens with two attached hydrogens (primary N) is 1. The van der Waals surface area contributed by atoms with E-state index < -0.39 is 9.84 Å². The van der Waals surface area contributed by atoms with Crippen molar-refractivity contribution in [2.45, 2.75) is 15.5 Å². The van der Waals surface area contributed by atoms with E-state index in [9.17, 15) is 8.42 Å². The van der Waals surface area contributed by atoms with Crippen LogP contribution in [0.15, 0.2) is 52.3 Å². The van der Waals surface area contributed by atoms with Gasteiger partial charge in [0.2, 0.25) is 0 Å². The van der Waals surface area contributed by atoms with Crippen LogP contribution in [0.3, 0.4) is 0 Å². The van der Waals surface area contributed by atoms with Crippen LogP contribution in [0.4, 0.5) is 5.82 Å². The van der Waals surface area contributed by atoms with Gasteiger partial charge in [-0.3, -0.25) is 0 Å². The number of hydrogen-bond donors (Lipinski definition) is 2. The molecule has 20 heavy (non-hydrogen) atoms. The molecule has 0 saturated heterocycles. The molecule has 0 spiro atoms. The molecular weight excluding hydrogens is 294 g/mol. The van der Waals surface area contributed by atoms with E-state index in [-0.39, 0.29) is 0 Å². The topological polar surface area (TPSA) is 85.1 Å². The molecule has 0 aliphatic rings. The molecule has 0 bridgehead atoms. The van der Waals surface area contributed by atoms with Crippen LogP contribution >= 0.6 is 11.8 Å². The Morgan fingerprint density at radius 2 is 1.90 bits per heavy atom. The van der Waals surface area contributed by atoms with Crippen LogP contribution in [0.1, 0.15) is 5.69 Å². The largest absolute Gasteiger partial charge is 0.308 e. The van der Waals surface area contributed by atoms with Gasteiger partial charge in [-0.2, -0.15) is 0 Å². The third kappa shape index (κ3) is 3.96. The van der Waals surface area contributed by atoms with Gasteiger partial charge in [-0.05, 0) is 36.4 Å². The fourth-order valence-electron chi connectivity index (χ4n) is 1.58. The summed E-state index contributed by atoms with van der Waals surface area (Å²) in [5, 5.41) is 0. The highest BCUT2D eigenvalue weighted by Crippen LogP contribution is 2.23. The molecular formula is C13H15N3O2S2. The second-order valence-corrected chi connectivity index (χ2v) is 7.26. The minimum Gasteiger partial charge on any atom is -0.308 e. The predicted molar refractivity (Wildman–Crippen MR) is 81.2 cm³/mol. The van der Waals surface area contributed by atoms with Crippen molar-refractivity contribution < 1.29 is 8.42 Å². The van der Waals surface area contributed by atoms with Crippen LogP contribution in [0, 0.1) is 0 Å². The van der Waals surface area contributed by atoms with Gasteiger partial charge in [0.05, 0.1) is 10.6 Å². The summed E-state index contributed by atoms with van der Waals surface area (Å²) in [7, 11) is -3.14. The highest BCUT2D eigenvalue weighted by molar-refractivity contribution is 7.98. The van der Waals surface area contributed by atoms with E-state index >= 15 is 0 Å². The molecule has 1 heterocycles. The standard InChI is InChI=1S/C13H15N3O2S2/c1-20(17,18)12-7-5-11(6-8-12)19-9-10-3-2-4-13(15-10)16-14/h2-8H,9,14H2,1H3,(H,15,16). The summed E-state index contributed by atoms with van der Waals surface area (Å²) in [6.07, 6.45) is 1.20. The fraction of sp³-hybridized carbons (Fsp3) is 0.154. The van der Waals surface area contributed by atoms with Crippen molar-refractivity contribution >= 4 is 27.4 Å². The average molecular weight is 309 g/mol. The molecule has 0 radical (unpaired) electrons. The first-order valence-electron chi connectivity index (χ1n) is 5.84. The smallest absolute Gasteiger partial charge is 0.175 e. The van der Waals surface area contributed by atoms with Gasteiger partial charge in [0.25, 0.3) is 0 Å². The maximum Gasteiger partial charge on any atom is 0.175 e. The Labute approximate surface area is 122 Å². The Kier molecular flexibility index (Phi) is 4.64. The van der Waals surface area contributed by atoms with Gasteiger partial charge in [-0.25, -0.2) is 19.2 Å². The molecule has 0 amide bonds. The van der Waals surface area contributed by atoms with Crippen molar-refractivity contribution in [3.8, 4) is 0 Å². The Morgan fingerprint density at radius 1 is 1.20 bits per heavy atom. The Morgan fingerprint density at radius 3 is 2.50 bits per heavy atom. The zero-order valence-electron chi connectivity index (χ0n) is 10.9. The molecule has 1 aromatic heterocycles. The molecule has 0 aliphatic heterocycles. The summed E-state index contributed by atoms with van der Waals surface area (Å²) in [5.74, 6) is 6.62. The number of nitrogen functional groups attached to an aromatic ring is 1. The van der Waals surface area contributed by atoms with Crippen molar-refractivity contribution in [2.75, 3.05) is 11.7 Å². The van der Waals surface area contributed by atoms with Crippen molar-refractivity contribution in [3.05, 3.63) is 48.2 Å². The molecule has 1 aromatic carbocycles. The van der Waals surface area contributed by atoms with Crippen molar-refractivity contribution in [2.24, 2.45) is 5.84 Å². The molecule has 2 rings (SSSR count). The number of sulfone groups is 1. The molecule has 3 N–H and O–H groups in total. The number of hydrazine groups is 1. The van der Waals surface area contributed by atoms with Crippen LogP contribution in [0.5, 0.6) is 0 Å². The first-order valence-corrected chi connectivity index (χ1v) is 8.72. The van der Waals surface area contributed by atoms with Crippen molar-refractivity contribution in [1.29, 1.82) is 0 Å². The number of benzene rings is 1. The monoisotopic (exact) mass is 309 g/mol. The van der Waals surface area contributed by atoms with Crippen LogP contribution in [-0.2, 0) is 15.6 Å². The van der Waals surface area contributed by atoms with Gasteiger partial charge in [-0.15, -0.1) is 11.8 Å². The Balaban J connectivity index is 2.04. The van der Waals surface area contributed by atoms with Crippen molar-refractivity contribution in [3.63, 3.8) is 0 Å². The molecule has 0 saturated carbocycles. The third-order valence-corrected chi connectivity index (χ3v) is 4.77. The zero-order chi connectivity index (χ0) is 14.6. The van der Waals surface area contributed by atoms with E-state index in [0.29, 0.717) is 16.5 Å². The molecule has 0 atom stereocenters. The van der Waals surface area contributed by atoms with E-state index in [2.05, 4.69) is 10.4 Å². The summed E-state index contributed by atoms with van der Waals surface area (Å²) < 4.78 is 22.7. The van der Waals surface area contributed by atoms with Gasteiger partial charge < -0.3 is 5.43 Å². The maximum absolute atomic E-state index is 11.4. The number of nitrogens with zero attached hydrogens (tertiary/aromatic N) is 1. The number of anilines is 1. The molecule has 5 nitrogen and oxygen atoms in total. The summed E-state index contributed by atoms with van der Waals surface area (Å²) >= 11 is 1.59. The van der Waals surface area contributed by atoms with Gasteiger partial charge in [0, 0.05) is 16.9 Å². The number of thioether (sulfide) groups is 1. The second-order valence-electron chi connectivity index (χ2n) is 4.19. The van der Waals surface area contributed by atoms with Gasteiger partial charge in [-0.1, -0.05) is 6.07 Å². The first-order chi connectivity index (χ1) is 9.49. The first kappa shape index (κ1) is 14.8. The quantitative estimate of drug-likeness (QED) is 0.499. The highest BCUT2D eigenvalue weighted by atomic mass is 32.2. The lowest BCUT2D eigenvalue weighted by Crippen LogP contribution is -2.08. The fourth-order valence-corrected chi connectivity index (χ4v) is 3.02. The van der Waals surface area contributed by atoms with E-state index in [1.807, 2.05) is 12.1 Å². The normalized spacial score (nSPS) is 11.3. The van der Waals surface area contributed by atoms with Gasteiger partial charge in [0.1, 0.15) is 5.82 Å².